The van der Waals surface area contributed by atoms with Crippen molar-refractivity contribution in [1.29, 1.82) is 5.26 Å². The molecule has 0 atom stereocenters. The third kappa shape index (κ3) is 3.82. The summed E-state index contributed by atoms with van der Waals surface area (Å²) in [6.45, 7) is 0.259. The number of nitriles is 1. The molecule has 7 heteroatoms. The lowest BCUT2D eigenvalue weighted by molar-refractivity contribution is 0.0950. The summed E-state index contributed by atoms with van der Waals surface area (Å²) in [6.07, 6.45) is 1.75. The number of ether oxygens (including phenoxy) is 1. The summed E-state index contributed by atoms with van der Waals surface area (Å²) >= 11 is 0. The standard InChI is InChI=1S/C18H15N5O2/c1-25-17-8-6-16(7-9-17)23-12-15(21-22-23)11-20-18(24)14-4-2-13(10-19)3-5-14/h2-9,12H,11H2,1H3,(H,20,24). The molecular formula is C18H15N5O2. The van der Waals surface area contributed by atoms with E-state index in [1.165, 1.54) is 0 Å². The van der Waals surface area contributed by atoms with E-state index >= 15 is 0 Å². The molecule has 0 radical (unpaired) electrons. The van der Waals surface area contributed by atoms with Crippen molar-refractivity contribution in [3.8, 4) is 17.5 Å². The SMILES string of the molecule is COc1ccc(-n2cc(CNC(=O)c3ccc(C#N)cc3)nn2)cc1. The van der Waals surface area contributed by atoms with Gasteiger partial charge in [0.25, 0.3) is 5.91 Å². The van der Waals surface area contributed by atoms with E-state index in [0.717, 1.165) is 11.4 Å². The fourth-order valence-electron chi connectivity index (χ4n) is 2.21. The summed E-state index contributed by atoms with van der Waals surface area (Å²) < 4.78 is 6.75. The van der Waals surface area contributed by atoms with Crippen LogP contribution in [0.5, 0.6) is 5.75 Å². The Morgan fingerprint density at radius 3 is 2.56 bits per heavy atom. The molecule has 0 bridgehead atoms. The molecule has 1 heterocycles. The molecule has 0 saturated heterocycles. The molecule has 1 aromatic heterocycles. The predicted molar refractivity (Wildman–Crippen MR) is 90.2 cm³/mol. The molecule has 3 rings (SSSR count). The number of rotatable bonds is 5. The van der Waals surface area contributed by atoms with Crippen molar-refractivity contribution in [2.45, 2.75) is 6.54 Å². The van der Waals surface area contributed by atoms with Crippen LogP contribution in [-0.2, 0) is 6.54 Å². The second kappa shape index (κ2) is 7.27. The summed E-state index contributed by atoms with van der Waals surface area (Å²) in [7, 11) is 1.61. The highest BCUT2D eigenvalue weighted by atomic mass is 16.5. The molecule has 0 aliphatic rings. The number of methoxy groups -OCH3 is 1. The fraction of sp³-hybridized carbons (Fsp3) is 0.111. The van der Waals surface area contributed by atoms with E-state index in [0.29, 0.717) is 16.8 Å². The smallest absolute Gasteiger partial charge is 0.251 e. The summed E-state index contributed by atoms with van der Waals surface area (Å²) in [5.74, 6) is 0.530. The van der Waals surface area contributed by atoms with Crippen LogP contribution in [0.4, 0.5) is 0 Å². The third-order valence-electron chi connectivity index (χ3n) is 3.58. The number of hydrogen-bond acceptors (Lipinski definition) is 5. The Kier molecular flexibility index (Phi) is 4.72. The van der Waals surface area contributed by atoms with Crippen molar-refractivity contribution in [3.63, 3.8) is 0 Å². The molecule has 3 aromatic rings. The van der Waals surface area contributed by atoms with E-state index < -0.39 is 0 Å². The Bertz CT molecular complexity index is 908. The molecule has 0 fully saturated rings. The van der Waals surface area contributed by atoms with E-state index in [-0.39, 0.29) is 12.5 Å². The van der Waals surface area contributed by atoms with E-state index in [9.17, 15) is 4.79 Å². The molecule has 124 valence electrons. The van der Waals surface area contributed by atoms with Gasteiger partial charge in [0, 0.05) is 5.56 Å². The Hall–Kier alpha value is -3.66. The van der Waals surface area contributed by atoms with Crippen LogP contribution in [0.2, 0.25) is 0 Å². The Morgan fingerprint density at radius 1 is 1.20 bits per heavy atom. The van der Waals surface area contributed by atoms with Crippen LogP contribution in [0, 0.1) is 11.3 Å². The van der Waals surface area contributed by atoms with Crippen LogP contribution < -0.4 is 10.1 Å². The van der Waals surface area contributed by atoms with Gasteiger partial charge in [0.2, 0.25) is 0 Å². The number of aromatic nitrogens is 3. The fourth-order valence-corrected chi connectivity index (χ4v) is 2.21. The molecule has 0 aliphatic carbocycles. The summed E-state index contributed by atoms with van der Waals surface area (Å²) in [5, 5.41) is 19.7. The van der Waals surface area contributed by atoms with Gasteiger partial charge in [-0.15, -0.1) is 5.10 Å². The normalized spacial score (nSPS) is 10.1. The molecule has 0 spiro atoms. The highest BCUT2D eigenvalue weighted by molar-refractivity contribution is 5.94. The van der Waals surface area contributed by atoms with Crippen molar-refractivity contribution < 1.29 is 9.53 Å². The number of nitrogens with zero attached hydrogens (tertiary/aromatic N) is 4. The van der Waals surface area contributed by atoms with Crippen LogP contribution in [0.15, 0.2) is 54.7 Å². The van der Waals surface area contributed by atoms with E-state index in [2.05, 4.69) is 15.6 Å². The van der Waals surface area contributed by atoms with E-state index in [1.54, 1.807) is 42.3 Å². The van der Waals surface area contributed by atoms with Crippen molar-refractivity contribution in [2.75, 3.05) is 7.11 Å². The number of amides is 1. The quantitative estimate of drug-likeness (QED) is 0.771. The Morgan fingerprint density at radius 2 is 1.92 bits per heavy atom. The number of carbonyl (C=O) groups excluding carboxylic acids is 1. The average Bonchev–Trinajstić information content (AvgIpc) is 3.15. The van der Waals surface area contributed by atoms with Crippen molar-refractivity contribution in [1.82, 2.24) is 20.3 Å². The average molecular weight is 333 g/mol. The van der Waals surface area contributed by atoms with Gasteiger partial charge in [0.1, 0.15) is 11.4 Å². The van der Waals surface area contributed by atoms with Crippen LogP contribution in [-0.4, -0.2) is 28.0 Å². The van der Waals surface area contributed by atoms with E-state index in [4.69, 9.17) is 10.00 Å². The zero-order valence-corrected chi connectivity index (χ0v) is 13.5. The number of hydrogen-bond donors (Lipinski definition) is 1. The van der Waals surface area contributed by atoms with Crippen LogP contribution in [0.25, 0.3) is 5.69 Å². The zero-order chi connectivity index (χ0) is 17.6. The minimum Gasteiger partial charge on any atom is -0.497 e. The molecule has 0 aliphatic heterocycles. The van der Waals surface area contributed by atoms with Crippen LogP contribution in [0.3, 0.4) is 0 Å². The highest BCUT2D eigenvalue weighted by Gasteiger charge is 2.08. The summed E-state index contributed by atoms with van der Waals surface area (Å²) in [4.78, 5) is 12.1. The maximum atomic E-state index is 12.1. The van der Waals surface area contributed by atoms with Gasteiger partial charge in [-0.05, 0) is 48.5 Å². The molecular weight excluding hydrogens is 318 g/mol. The first-order valence-electron chi connectivity index (χ1n) is 7.53. The highest BCUT2D eigenvalue weighted by Crippen LogP contribution is 2.14. The molecule has 0 unspecified atom stereocenters. The van der Waals surface area contributed by atoms with Crippen LogP contribution in [0.1, 0.15) is 21.6 Å². The van der Waals surface area contributed by atoms with Gasteiger partial charge < -0.3 is 10.1 Å². The largest absolute Gasteiger partial charge is 0.497 e. The Balaban J connectivity index is 1.62. The van der Waals surface area contributed by atoms with Crippen molar-refractivity contribution >= 4 is 5.91 Å². The van der Waals surface area contributed by atoms with Gasteiger partial charge >= 0.3 is 0 Å². The second-order valence-electron chi connectivity index (χ2n) is 5.22. The zero-order valence-electron chi connectivity index (χ0n) is 13.5. The topological polar surface area (TPSA) is 92.8 Å². The van der Waals surface area contributed by atoms with Gasteiger partial charge in [0.05, 0.1) is 37.2 Å². The molecule has 2 aromatic carbocycles. The molecule has 0 saturated carbocycles. The number of benzene rings is 2. The van der Waals surface area contributed by atoms with Gasteiger partial charge in [-0.3, -0.25) is 4.79 Å². The monoisotopic (exact) mass is 333 g/mol. The second-order valence-corrected chi connectivity index (χ2v) is 5.22. The maximum absolute atomic E-state index is 12.1. The summed E-state index contributed by atoms with van der Waals surface area (Å²) in [5.41, 5.74) is 2.48. The first kappa shape index (κ1) is 16.2. The van der Waals surface area contributed by atoms with Gasteiger partial charge in [-0.1, -0.05) is 5.21 Å². The first-order valence-corrected chi connectivity index (χ1v) is 7.53. The van der Waals surface area contributed by atoms with Crippen molar-refractivity contribution in [2.24, 2.45) is 0 Å². The minimum atomic E-state index is -0.233. The summed E-state index contributed by atoms with van der Waals surface area (Å²) in [6, 6.07) is 15.9. The third-order valence-corrected chi connectivity index (χ3v) is 3.58. The minimum absolute atomic E-state index is 0.233. The lowest BCUT2D eigenvalue weighted by Crippen LogP contribution is -2.22. The van der Waals surface area contributed by atoms with Crippen LogP contribution >= 0.6 is 0 Å². The predicted octanol–water partition coefficient (Wildman–Crippen LogP) is 2.08. The lowest BCUT2D eigenvalue weighted by Gasteiger charge is -2.03. The maximum Gasteiger partial charge on any atom is 0.251 e. The first-order chi connectivity index (χ1) is 12.2. The number of carbonyl (C=O) groups is 1. The van der Waals surface area contributed by atoms with Gasteiger partial charge in [0.15, 0.2) is 0 Å². The van der Waals surface area contributed by atoms with Crippen molar-refractivity contribution in [3.05, 3.63) is 71.5 Å². The van der Waals surface area contributed by atoms with Gasteiger partial charge in [-0.25, -0.2) is 4.68 Å². The molecule has 7 nitrogen and oxygen atoms in total. The Labute approximate surface area is 144 Å². The number of nitrogens with one attached hydrogen (secondary N) is 1. The van der Waals surface area contributed by atoms with E-state index in [1.807, 2.05) is 30.3 Å². The van der Waals surface area contributed by atoms with Gasteiger partial charge in [-0.2, -0.15) is 5.26 Å². The molecule has 1 amide bonds. The molecule has 25 heavy (non-hydrogen) atoms. The lowest BCUT2D eigenvalue weighted by atomic mass is 10.1. The molecule has 1 N–H and O–H groups in total.